The van der Waals surface area contributed by atoms with E-state index < -0.39 is 27.5 Å². The number of carbonyl (C=O) groups excluding carboxylic acids is 1. The Morgan fingerprint density at radius 1 is 1.12 bits per heavy atom. The summed E-state index contributed by atoms with van der Waals surface area (Å²) in [5.41, 5.74) is -3.56. The van der Waals surface area contributed by atoms with E-state index in [0.29, 0.717) is 25.7 Å². The van der Waals surface area contributed by atoms with Gasteiger partial charge in [-0.05, 0) is 51.4 Å². The number of anilines is 2. The zero-order valence-corrected chi connectivity index (χ0v) is 19.1. The molecule has 0 saturated carbocycles. The zero-order chi connectivity index (χ0) is 24.3. The van der Waals surface area contributed by atoms with Crippen molar-refractivity contribution in [3.63, 3.8) is 0 Å². The number of nitrogens with one attached hydrogen (secondary N) is 2. The number of para-hydroxylation sites is 1. The molecule has 2 rings (SSSR count). The number of hydrogen-bond acceptors (Lipinski definition) is 6. The summed E-state index contributed by atoms with van der Waals surface area (Å²) in [5, 5.41) is 14.1. The van der Waals surface area contributed by atoms with Crippen LogP contribution in [0.15, 0.2) is 52.3 Å². The van der Waals surface area contributed by atoms with Crippen molar-refractivity contribution in [2.75, 3.05) is 37.8 Å². The zero-order valence-electron chi connectivity index (χ0n) is 17.5. The first-order valence-corrected chi connectivity index (χ1v) is 11.2. The molecule has 176 valence electrons. The minimum Gasteiger partial charge on any atom is -0.383 e. The van der Waals surface area contributed by atoms with Gasteiger partial charge in [0.05, 0.1) is 26.2 Å². The molecule has 0 aliphatic carbocycles. The highest BCUT2D eigenvalue weighted by atomic mass is 35.5. The molecular weight excluding hydrogens is 471 g/mol. The molecule has 32 heavy (non-hydrogen) atoms. The lowest BCUT2D eigenvalue weighted by Crippen LogP contribution is -2.52. The Labute approximate surface area is 189 Å². The first-order chi connectivity index (χ1) is 14.7. The fraction of sp³-hybridized carbons (Fsp3) is 0.350. The third-order valence-electron chi connectivity index (χ3n) is 4.54. The predicted molar refractivity (Wildman–Crippen MR) is 116 cm³/mol. The number of nitrogens with zero attached hydrogens (tertiary/aromatic N) is 1. The number of aliphatic hydroxyl groups is 1. The van der Waals surface area contributed by atoms with Gasteiger partial charge in [-0.25, -0.2) is 8.42 Å². The molecule has 0 bridgehead atoms. The van der Waals surface area contributed by atoms with Crippen molar-refractivity contribution in [2.24, 2.45) is 0 Å². The normalized spacial score (nSPS) is 14.2. The lowest BCUT2D eigenvalue weighted by atomic mass is 10.1. The van der Waals surface area contributed by atoms with E-state index in [2.05, 4.69) is 5.32 Å². The van der Waals surface area contributed by atoms with E-state index in [9.17, 15) is 31.5 Å². The first-order valence-electron chi connectivity index (χ1n) is 9.30. The lowest BCUT2D eigenvalue weighted by Gasteiger charge is -2.25. The van der Waals surface area contributed by atoms with Crippen LogP contribution in [0, 0.1) is 0 Å². The van der Waals surface area contributed by atoms with Crippen LogP contribution in [-0.4, -0.2) is 63.3 Å². The van der Waals surface area contributed by atoms with Crippen LogP contribution < -0.4 is 10.6 Å². The summed E-state index contributed by atoms with van der Waals surface area (Å²) in [6.07, 6.45) is -5.21. The molecule has 1 atom stereocenters. The molecule has 0 spiro atoms. The lowest BCUT2D eigenvalue weighted by molar-refractivity contribution is -0.242. The van der Waals surface area contributed by atoms with Gasteiger partial charge in [-0.1, -0.05) is 23.7 Å². The first kappa shape index (κ1) is 25.9. The van der Waals surface area contributed by atoms with Gasteiger partial charge in [-0.15, -0.1) is 0 Å². The maximum absolute atomic E-state index is 13.1. The van der Waals surface area contributed by atoms with Crippen molar-refractivity contribution < 1.29 is 31.5 Å². The van der Waals surface area contributed by atoms with Crippen LogP contribution in [0.2, 0.25) is 5.02 Å². The SMILES string of the molecule is CN(C)CCNc1ccccc1S(=O)(=O)c1ccc(NC(=O)[C@@](C)(O)C(F)(F)F)c(Cl)c1. The van der Waals surface area contributed by atoms with Gasteiger partial charge in [0.2, 0.25) is 15.4 Å². The summed E-state index contributed by atoms with van der Waals surface area (Å²) < 4.78 is 64.8. The Balaban J connectivity index is 2.32. The Bertz CT molecular complexity index is 1090. The van der Waals surface area contributed by atoms with Gasteiger partial charge in [0.15, 0.2) is 0 Å². The standard InChI is InChI=1S/C20H23ClF3N3O4S/c1-19(29,20(22,23)24)18(28)26-15-9-8-13(12-14(15)21)32(30,31)17-7-5-4-6-16(17)25-10-11-27(2)3/h4-9,12,25,29H,10-11H2,1-3H3,(H,26,28)/t19-/m1/s1. The predicted octanol–water partition coefficient (Wildman–Crippen LogP) is 3.40. The van der Waals surface area contributed by atoms with E-state index in [4.69, 9.17) is 11.6 Å². The molecule has 0 aromatic heterocycles. The van der Waals surface area contributed by atoms with Crippen molar-refractivity contribution in [1.82, 2.24) is 4.90 Å². The summed E-state index contributed by atoms with van der Waals surface area (Å²) in [6, 6.07) is 9.44. The molecule has 12 heteroatoms. The number of amides is 1. The van der Waals surface area contributed by atoms with Crippen molar-refractivity contribution in [3.8, 4) is 0 Å². The van der Waals surface area contributed by atoms with E-state index >= 15 is 0 Å². The van der Waals surface area contributed by atoms with Crippen LogP contribution in [0.3, 0.4) is 0 Å². The molecule has 3 N–H and O–H groups in total. The van der Waals surface area contributed by atoms with E-state index in [-0.39, 0.29) is 20.5 Å². The molecule has 1 amide bonds. The summed E-state index contributed by atoms with van der Waals surface area (Å²) in [4.78, 5) is 13.6. The highest BCUT2D eigenvalue weighted by molar-refractivity contribution is 7.91. The van der Waals surface area contributed by atoms with Gasteiger partial charge in [0.1, 0.15) is 0 Å². The van der Waals surface area contributed by atoms with E-state index in [1.54, 1.807) is 18.2 Å². The van der Waals surface area contributed by atoms with E-state index in [1.807, 2.05) is 24.3 Å². The highest BCUT2D eigenvalue weighted by Gasteiger charge is 2.55. The van der Waals surface area contributed by atoms with E-state index in [1.165, 1.54) is 6.07 Å². The number of carbonyl (C=O) groups is 1. The van der Waals surface area contributed by atoms with Crippen LogP contribution in [0.1, 0.15) is 6.92 Å². The van der Waals surface area contributed by atoms with E-state index in [0.717, 1.165) is 18.2 Å². The number of likely N-dealkylation sites (N-methyl/N-ethyl adjacent to an activating group) is 1. The number of halogens is 4. The highest BCUT2D eigenvalue weighted by Crippen LogP contribution is 2.34. The minimum atomic E-state index is -5.21. The molecule has 0 heterocycles. The Hall–Kier alpha value is -2.34. The third-order valence-corrected chi connectivity index (χ3v) is 6.67. The maximum Gasteiger partial charge on any atom is 0.426 e. The molecular formula is C20H23ClF3N3O4S. The number of benzene rings is 2. The van der Waals surface area contributed by atoms with Gasteiger partial charge < -0.3 is 20.6 Å². The van der Waals surface area contributed by atoms with Gasteiger partial charge in [-0.3, -0.25) is 4.79 Å². The Morgan fingerprint density at radius 2 is 1.75 bits per heavy atom. The molecule has 0 aliphatic rings. The Morgan fingerprint density at radius 3 is 2.31 bits per heavy atom. The van der Waals surface area contributed by atoms with Crippen molar-refractivity contribution in [1.29, 1.82) is 0 Å². The summed E-state index contributed by atoms with van der Waals surface area (Å²) in [6.45, 7) is 1.45. The summed E-state index contributed by atoms with van der Waals surface area (Å²) in [7, 11) is -0.291. The van der Waals surface area contributed by atoms with Crippen molar-refractivity contribution in [3.05, 3.63) is 47.5 Å². The monoisotopic (exact) mass is 493 g/mol. The number of alkyl halides is 3. The van der Waals surface area contributed by atoms with Crippen LogP contribution in [-0.2, 0) is 14.6 Å². The molecule has 0 aliphatic heterocycles. The average Bonchev–Trinajstić information content (AvgIpc) is 2.68. The van der Waals surface area contributed by atoms with Crippen LogP contribution in [0.4, 0.5) is 24.5 Å². The molecule has 0 unspecified atom stereocenters. The smallest absolute Gasteiger partial charge is 0.383 e. The summed E-state index contributed by atoms with van der Waals surface area (Å²) >= 11 is 6.03. The van der Waals surface area contributed by atoms with Gasteiger partial charge >= 0.3 is 6.18 Å². The largest absolute Gasteiger partial charge is 0.426 e. The van der Waals surface area contributed by atoms with Crippen LogP contribution in [0.5, 0.6) is 0 Å². The quantitative estimate of drug-likeness (QED) is 0.521. The van der Waals surface area contributed by atoms with Crippen LogP contribution in [0.25, 0.3) is 0 Å². The fourth-order valence-corrected chi connectivity index (χ4v) is 4.28. The maximum atomic E-state index is 13.1. The van der Waals surface area contributed by atoms with Crippen LogP contribution >= 0.6 is 11.6 Å². The summed E-state index contributed by atoms with van der Waals surface area (Å²) in [5.74, 6) is -1.75. The number of rotatable bonds is 8. The topological polar surface area (TPSA) is 98.7 Å². The second-order valence-corrected chi connectivity index (χ2v) is 9.72. The minimum absolute atomic E-state index is 0.00777. The van der Waals surface area contributed by atoms with Crippen molar-refractivity contribution in [2.45, 2.75) is 28.5 Å². The molecule has 0 radical (unpaired) electrons. The second-order valence-electron chi connectivity index (χ2n) is 7.40. The fourth-order valence-electron chi connectivity index (χ4n) is 2.53. The van der Waals surface area contributed by atoms with Crippen molar-refractivity contribution >= 4 is 38.7 Å². The Kier molecular flexibility index (Phi) is 7.82. The molecule has 7 nitrogen and oxygen atoms in total. The molecule has 0 fully saturated rings. The van der Waals surface area contributed by atoms with Gasteiger partial charge in [0, 0.05) is 13.1 Å². The molecule has 2 aromatic carbocycles. The van der Waals surface area contributed by atoms with Gasteiger partial charge in [-0.2, -0.15) is 13.2 Å². The molecule has 2 aromatic rings. The average molecular weight is 494 g/mol. The number of hydrogen-bond donors (Lipinski definition) is 3. The van der Waals surface area contributed by atoms with Gasteiger partial charge in [0.25, 0.3) is 5.91 Å². The second kappa shape index (κ2) is 9.65. The third kappa shape index (κ3) is 5.71. The molecule has 0 saturated heterocycles. The number of sulfone groups is 1.